The van der Waals surface area contributed by atoms with Crippen molar-refractivity contribution in [3.8, 4) is 6.57 Å². The van der Waals surface area contributed by atoms with E-state index >= 15 is 0 Å². The van der Waals surface area contributed by atoms with Gasteiger partial charge < -0.3 is 29.5 Å². The van der Waals surface area contributed by atoms with Crippen LogP contribution in [0.25, 0.3) is 5.52 Å². The number of nitrogens with two attached hydrogens (primary N) is 1. The Hall–Kier alpha value is -2.64. The lowest BCUT2D eigenvalue weighted by atomic mass is 10.0. The SMILES string of the molecule is C#N.CCCCCCCCCCCCCCCCCCCCOP(O)OCC(CCc1ccc2c(N)ncnn12)OC.OCc1ccccc1. The monoisotopic (exact) mass is 715 g/mol. The lowest BCUT2D eigenvalue weighted by molar-refractivity contribution is 0.0440. The number of benzene rings is 1. The Bertz CT molecular complexity index is 1200. The van der Waals surface area contributed by atoms with Crippen LogP contribution >= 0.6 is 8.60 Å². The molecule has 3 rings (SSSR count). The molecule has 282 valence electrons. The number of aryl methyl sites for hydroxylation is 1. The van der Waals surface area contributed by atoms with Gasteiger partial charge in [-0.25, -0.2) is 14.8 Å². The van der Waals surface area contributed by atoms with Crippen molar-refractivity contribution >= 4 is 19.9 Å². The third-order valence-electron chi connectivity index (χ3n) is 8.71. The number of methoxy groups -OCH3 is 1. The number of nitrogen functional groups attached to an aromatic ring is 1. The molecule has 11 heteroatoms. The second kappa shape index (κ2) is 32.3. The highest BCUT2D eigenvalue weighted by atomic mass is 31.2. The van der Waals surface area contributed by atoms with Gasteiger partial charge in [0.2, 0.25) is 0 Å². The van der Waals surface area contributed by atoms with Gasteiger partial charge >= 0.3 is 8.60 Å². The number of hydrogen-bond donors (Lipinski definition) is 3. The van der Waals surface area contributed by atoms with Crippen molar-refractivity contribution in [1.29, 1.82) is 5.26 Å². The van der Waals surface area contributed by atoms with E-state index in [4.69, 9.17) is 29.9 Å². The Morgan fingerprint density at radius 1 is 0.800 bits per heavy atom. The van der Waals surface area contributed by atoms with Crippen molar-refractivity contribution in [3.05, 3.63) is 60.0 Å². The quantitative estimate of drug-likeness (QED) is 0.0493. The van der Waals surface area contributed by atoms with Crippen LogP contribution in [0.4, 0.5) is 5.82 Å². The minimum Gasteiger partial charge on any atom is -0.392 e. The van der Waals surface area contributed by atoms with Crippen molar-refractivity contribution in [2.24, 2.45) is 0 Å². The van der Waals surface area contributed by atoms with Crippen LogP contribution in [0.2, 0.25) is 0 Å². The maximum Gasteiger partial charge on any atom is 0.329 e. The fraction of sp³-hybridized carbons (Fsp3) is 0.667. The van der Waals surface area contributed by atoms with Crippen LogP contribution < -0.4 is 5.73 Å². The zero-order valence-corrected chi connectivity index (χ0v) is 31.9. The summed E-state index contributed by atoms with van der Waals surface area (Å²) in [7, 11) is -0.219. The van der Waals surface area contributed by atoms with Crippen LogP contribution in [-0.2, 0) is 26.8 Å². The molecule has 10 nitrogen and oxygen atoms in total. The highest BCUT2D eigenvalue weighted by molar-refractivity contribution is 7.40. The summed E-state index contributed by atoms with van der Waals surface area (Å²) in [5.74, 6) is 0.464. The number of nitrogens with zero attached hydrogens (tertiary/aromatic N) is 4. The first-order valence-corrected chi connectivity index (χ1v) is 20.0. The Labute approximate surface area is 303 Å². The molecule has 2 atom stereocenters. The highest BCUT2D eigenvalue weighted by Crippen LogP contribution is 2.33. The molecule has 0 fully saturated rings. The lowest BCUT2D eigenvalue weighted by Gasteiger charge is -2.17. The maximum atomic E-state index is 10.1. The molecule has 0 bridgehead atoms. The van der Waals surface area contributed by atoms with Gasteiger partial charge in [0, 0.05) is 19.4 Å². The average Bonchev–Trinajstić information content (AvgIpc) is 3.58. The molecular formula is C39H66N5O5P. The van der Waals surface area contributed by atoms with Gasteiger partial charge in [-0.15, -0.1) is 0 Å². The molecule has 2 heterocycles. The lowest BCUT2D eigenvalue weighted by Crippen LogP contribution is -2.18. The summed E-state index contributed by atoms with van der Waals surface area (Å²) in [6.07, 6.45) is 27.2. The highest BCUT2D eigenvalue weighted by Gasteiger charge is 2.15. The zero-order chi connectivity index (χ0) is 36.5. The number of ether oxygens (including phenoxy) is 1. The topological polar surface area (TPSA) is 148 Å². The summed E-state index contributed by atoms with van der Waals surface area (Å²) in [5.41, 5.74) is 8.70. The second-order valence-corrected chi connectivity index (χ2v) is 13.7. The molecule has 0 saturated carbocycles. The number of unbranched alkanes of at least 4 members (excludes halogenated alkanes) is 17. The van der Waals surface area contributed by atoms with Crippen molar-refractivity contribution in [2.75, 3.05) is 26.1 Å². The summed E-state index contributed by atoms with van der Waals surface area (Å²) in [4.78, 5) is 14.1. The number of anilines is 1. The third kappa shape index (κ3) is 22.2. The molecule has 0 aliphatic carbocycles. The van der Waals surface area contributed by atoms with E-state index in [1.54, 1.807) is 11.6 Å². The van der Waals surface area contributed by atoms with Crippen LogP contribution in [0.5, 0.6) is 0 Å². The van der Waals surface area contributed by atoms with E-state index < -0.39 is 8.60 Å². The summed E-state index contributed by atoms with van der Waals surface area (Å²) in [6.45, 7) is 6.75. The van der Waals surface area contributed by atoms with Crippen molar-refractivity contribution < 1.29 is 23.8 Å². The molecule has 0 aliphatic heterocycles. The van der Waals surface area contributed by atoms with Gasteiger partial charge in [-0.1, -0.05) is 146 Å². The van der Waals surface area contributed by atoms with Crippen molar-refractivity contribution in [3.63, 3.8) is 0 Å². The van der Waals surface area contributed by atoms with Crippen LogP contribution in [0.1, 0.15) is 140 Å². The van der Waals surface area contributed by atoms with Gasteiger partial charge in [0.15, 0.2) is 5.82 Å². The third-order valence-corrected chi connectivity index (χ3v) is 9.49. The molecule has 2 unspecified atom stereocenters. The number of fused-ring (bicyclic) bond motifs is 1. The number of aromatic nitrogens is 3. The van der Waals surface area contributed by atoms with E-state index in [2.05, 4.69) is 23.6 Å². The smallest absolute Gasteiger partial charge is 0.329 e. The number of rotatable bonds is 28. The summed E-state index contributed by atoms with van der Waals surface area (Å²) in [6, 6.07) is 13.4. The van der Waals surface area contributed by atoms with Crippen molar-refractivity contribution in [1.82, 2.24) is 14.6 Å². The number of aliphatic hydroxyl groups excluding tert-OH is 1. The number of aliphatic hydroxyl groups is 1. The van der Waals surface area contributed by atoms with E-state index in [9.17, 15) is 4.89 Å². The Morgan fingerprint density at radius 3 is 1.84 bits per heavy atom. The first kappa shape index (κ1) is 45.4. The van der Waals surface area contributed by atoms with Crippen LogP contribution in [0, 0.1) is 11.8 Å². The normalized spacial score (nSPS) is 12.1. The molecular weight excluding hydrogens is 649 g/mol. The Morgan fingerprint density at radius 2 is 1.34 bits per heavy atom. The first-order valence-electron chi connectivity index (χ1n) is 18.8. The number of nitriles is 1. The van der Waals surface area contributed by atoms with Crippen LogP contribution in [-0.4, -0.2) is 51.0 Å². The predicted octanol–water partition coefficient (Wildman–Crippen LogP) is 9.87. The zero-order valence-electron chi connectivity index (χ0n) is 31.0. The fourth-order valence-corrected chi connectivity index (χ4v) is 6.34. The van der Waals surface area contributed by atoms with Gasteiger partial charge in [0.1, 0.15) is 11.8 Å². The predicted molar refractivity (Wildman–Crippen MR) is 205 cm³/mol. The van der Waals surface area contributed by atoms with Crippen molar-refractivity contribution in [2.45, 2.75) is 148 Å². The first-order chi connectivity index (χ1) is 24.6. The summed E-state index contributed by atoms with van der Waals surface area (Å²) < 4.78 is 18.4. The van der Waals surface area contributed by atoms with Gasteiger partial charge in [-0.05, 0) is 37.0 Å². The summed E-state index contributed by atoms with van der Waals surface area (Å²) in [5, 5.41) is 19.3. The largest absolute Gasteiger partial charge is 0.392 e. The average molecular weight is 716 g/mol. The molecule has 2 aromatic heterocycles. The van der Waals surface area contributed by atoms with Gasteiger partial charge in [0.25, 0.3) is 0 Å². The molecule has 0 radical (unpaired) electrons. The molecule has 1 aromatic carbocycles. The minimum atomic E-state index is -1.87. The van der Waals surface area contributed by atoms with E-state index in [0.717, 1.165) is 42.5 Å². The van der Waals surface area contributed by atoms with E-state index in [-0.39, 0.29) is 19.3 Å². The maximum absolute atomic E-state index is 10.1. The van der Waals surface area contributed by atoms with Gasteiger partial charge in [-0.2, -0.15) is 5.10 Å². The molecule has 0 amide bonds. The number of hydrogen-bond acceptors (Lipinski definition) is 9. The molecule has 50 heavy (non-hydrogen) atoms. The molecule has 0 spiro atoms. The molecule has 0 saturated heterocycles. The molecule has 0 aliphatic rings. The minimum absolute atomic E-state index is 0.140. The van der Waals surface area contributed by atoms with E-state index in [0.29, 0.717) is 12.4 Å². The Balaban J connectivity index is 0.00000108. The van der Waals surface area contributed by atoms with Gasteiger partial charge in [0.05, 0.1) is 25.9 Å². The van der Waals surface area contributed by atoms with E-state index in [1.165, 1.54) is 109 Å². The summed E-state index contributed by atoms with van der Waals surface area (Å²) >= 11 is 0. The molecule has 3 aromatic rings. The van der Waals surface area contributed by atoms with Crippen LogP contribution in [0.15, 0.2) is 48.8 Å². The molecule has 4 N–H and O–H groups in total. The Kier molecular flexibility index (Phi) is 29.3. The second-order valence-electron chi connectivity index (χ2n) is 12.7. The van der Waals surface area contributed by atoms with Gasteiger partial charge in [-0.3, -0.25) is 0 Å². The fourth-order valence-electron chi connectivity index (χ4n) is 5.69. The van der Waals surface area contributed by atoms with E-state index in [1.807, 2.05) is 42.5 Å². The standard InChI is InChI=1S/C31H57N4O4P.C7H8O.CHN/c1-3-4-5-6-7-8-9-10-11-12-13-14-15-16-17-18-19-20-25-38-40(36)39-26-29(37-2)23-21-28-22-24-30-31(32)33-27-34-35(28)30;8-6-7-4-2-1-3-5-7;1-2/h22,24,27,29,36H,3-21,23,25-26H2,1-2H3,(H2,32,33,34);1-5,8H,6H2;1H. The van der Waals surface area contributed by atoms with Crippen LogP contribution in [0.3, 0.4) is 0 Å².